The van der Waals surface area contributed by atoms with Gasteiger partial charge >= 0.3 is 5.71 Å². The fraction of sp³-hybridized carbons (Fsp3) is 0.833. The number of nitrogens with one attached hydrogen (secondary N) is 2. The average Bonchev–Trinajstić information content (AvgIpc) is 3.26. The topological polar surface area (TPSA) is 105 Å². The second-order valence-electron chi connectivity index (χ2n) is 7.96. The summed E-state index contributed by atoms with van der Waals surface area (Å²) in [5.74, 6) is 0.255. The Morgan fingerprint density at radius 2 is 1.92 bits per heavy atom. The number of hydrogen-bond acceptors (Lipinski definition) is 4. The van der Waals surface area contributed by atoms with Crippen LogP contribution in [-0.4, -0.2) is 59.2 Å². The van der Waals surface area contributed by atoms with Crippen LogP contribution < -0.4 is 10.6 Å². The summed E-state index contributed by atoms with van der Waals surface area (Å²) >= 11 is 0. The molecule has 1 aliphatic heterocycles. The van der Waals surface area contributed by atoms with E-state index in [1.807, 2.05) is 34.6 Å². The Kier molecular flexibility index (Phi) is 8.97. The van der Waals surface area contributed by atoms with Gasteiger partial charge in [-0.05, 0) is 45.7 Å². The maximum absolute atomic E-state index is 11.9. The third-order valence-electron chi connectivity index (χ3n) is 4.24. The molecule has 1 fully saturated rings. The highest BCUT2D eigenvalue weighted by Crippen LogP contribution is 2.59. The molecule has 150 valence electrons. The molecule has 0 bridgehead atoms. The highest BCUT2D eigenvalue weighted by molar-refractivity contribution is 7.82. The summed E-state index contributed by atoms with van der Waals surface area (Å²) in [6.07, 6.45) is 2.40. The molecule has 1 rings (SSSR count). The van der Waals surface area contributed by atoms with Crippen molar-refractivity contribution in [2.75, 3.05) is 19.3 Å². The van der Waals surface area contributed by atoms with Crippen molar-refractivity contribution in [3.05, 3.63) is 0 Å². The van der Waals surface area contributed by atoms with Crippen molar-refractivity contribution < 1.29 is 24.2 Å². The van der Waals surface area contributed by atoms with Crippen molar-refractivity contribution in [3.8, 4) is 0 Å². The summed E-state index contributed by atoms with van der Waals surface area (Å²) < 4.78 is 5.89. The fourth-order valence-corrected chi connectivity index (χ4v) is 3.99. The second-order valence-corrected chi connectivity index (χ2v) is 10.3. The maximum Gasteiger partial charge on any atom is 0.324 e. The van der Waals surface area contributed by atoms with E-state index in [4.69, 9.17) is 9.84 Å². The predicted octanol–water partition coefficient (Wildman–Crippen LogP) is 2.77. The van der Waals surface area contributed by atoms with E-state index in [0.717, 1.165) is 0 Å². The molecule has 8 heteroatoms. The third-order valence-corrected chi connectivity index (χ3v) is 6.19. The number of carbonyl (C=O) groups is 3. The molecule has 0 aromatic rings. The molecule has 7 nitrogen and oxygen atoms in total. The zero-order chi connectivity index (χ0) is 19.9. The largest absolute Gasteiger partial charge is 0.478 e. The SMILES string of the molecule is CC(C)CC(=O)NCCC(C)(C)OCCC(C)NC(=O)C1CP1C(=O)O. The molecule has 0 aromatic heterocycles. The van der Waals surface area contributed by atoms with E-state index < -0.39 is 13.6 Å². The van der Waals surface area contributed by atoms with Crippen molar-refractivity contribution in [2.45, 2.75) is 71.2 Å². The molecule has 3 atom stereocenters. The highest BCUT2D eigenvalue weighted by Gasteiger charge is 2.48. The Labute approximate surface area is 157 Å². The van der Waals surface area contributed by atoms with E-state index in [1.165, 1.54) is 0 Å². The van der Waals surface area contributed by atoms with E-state index in [1.54, 1.807) is 0 Å². The summed E-state index contributed by atoms with van der Waals surface area (Å²) in [4.78, 5) is 34.4. The highest BCUT2D eigenvalue weighted by atomic mass is 31.1. The number of rotatable bonds is 12. The molecule has 0 aliphatic carbocycles. The molecule has 26 heavy (non-hydrogen) atoms. The zero-order valence-electron chi connectivity index (χ0n) is 16.5. The molecular formula is C18H33N2O5P. The monoisotopic (exact) mass is 388 g/mol. The van der Waals surface area contributed by atoms with Gasteiger partial charge in [-0.2, -0.15) is 0 Å². The van der Waals surface area contributed by atoms with Gasteiger partial charge in [0.05, 0.1) is 11.3 Å². The number of carboxylic acid groups (broad SMARTS) is 1. The van der Waals surface area contributed by atoms with E-state index in [0.29, 0.717) is 44.5 Å². The number of ether oxygens (including phenoxy) is 1. The second kappa shape index (κ2) is 10.2. The van der Waals surface area contributed by atoms with Crippen molar-refractivity contribution in [1.29, 1.82) is 0 Å². The fourth-order valence-electron chi connectivity index (χ4n) is 2.52. The molecule has 1 heterocycles. The Morgan fingerprint density at radius 1 is 1.27 bits per heavy atom. The van der Waals surface area contributed by atoms with Crippen LogP contribution in [0.25, 0.3) is 0 Å². The maximum atomic E-state index is 11.9. The van der Waals surface area contributed by atoms with Gasteiger partial charge in [-0.1, -0.05) is 13.8 Å². The third kappa shape index (κ3) is 8.95. The van der Waals surface area contributed by atoms with Crippen LogP contribution in [0.2, 0.25) is 0 Å². The Balaban J connectivity index is 2.17. The van der Waals surface area contributed by atoms with Crippen LogP contribution in [0.5, 0.6) is 0 Å². The smallest absolute Gasteiger partial charge is 0.324 e. The van der Waals surface area contributed by atoms with Crippen molar-refractivity contribution in [1.82, 2.24) is 10.6 Å². The molecule has 0 spiro atoms. The number of hydrogen-bond donors (Lipinski definition) is 3. The molecule has 1 saturated heterocycles. The molecule has 0 radical (unpaired) electrons. The van der Waals surface area contributed by atoms with Crippen molar-refractivity contribution in [3.63, 3.8) is 0 Å². The molecular weight excluding hydrogens is 355 g/mol. The van der Waals surface area contributed by atoms with Gasteiger partial charge in [0.2, 0.25) is 11.8 Å². The van der Waals surface area contributed by atoms with E-state index in [2.05, 4.69) is 10.6 Å². The molecule has 2 amide bonds. The summed E-state index contributed by atoms with van der Waals surface area (Å²) in [6.45, 7) is 10.9. The van der Waals surface area contributed by atoms with Gasteiger partial charge in [0.15, 0.2) is 0 Å². The standard InChI is InChI=1S/C18H33N2O5P/c1-12(2)10-15(21)19-8-7-18(4,5)25-9-6-13(3)20-16(22)14-11-26(14)17(23)24/h12-14H,6-11H2,1-5H3,(H,19,21)(H,20,22)(H,23,24). The van der Waals surface area contributed by atoms with Gasteiger partial charge in [0.1, 0.15) is 0 Å². The Morgan fingerprint density at radius 3 is 2.46 bits per heavy atom. The van der Waals surface area contributed by atoms with Crippen molar-refractivity contribution in [2.24, 2.45) is 5.92 Å². The summed E-state index contributed by atoms with van der Waals surface area (Å²) in [5, 5.41) is 14.7. The minimum atomic E-state index is -1.15. The first-order valence-corrected chi connectivity index (χ1v) is 10.8. The van der Waals surface area contributed by atoms with Gasteiger partial charge in [-0.15, -0.1) is 0 Å². The molecule has 3 N–H and O–H groups in total. The van der Waals surface area contributed by atoms with Crippen LogP contribution >= 0.6 is 7.92 Å². The van der Waals surface area contributed by atoms with Crippen molar-refractivity contribution >= 4 is 25.4 Å². The van der Waals surface area contributed by atoms with Crippen LogP contribution in [-0.2, 0) is 14.3 Å². The molecule has 3 unspecified atom stereocenters. The van der Waals surface area contributed by atoms with Gasteiger partial charge in [0.25, 0.3) is 0 Å². The van der Waals surface area contributed by atoms with Crippen LogP contribution in [0.1, 0.15) is 53.9 Å². The molecule has 1 aliphatic rings. The summed E-state index contributed by atoms with van der Waals surface area (Å²) in [7, 11) is -1.15. The number of carbonyl (C=O) groups excluding carboxylic acids is 2. The Bertz CT molecular complexity index is 510. The first-order chi connectivity index (χ1) is 12.0. The van der Waals surface area contributed by atoms with Gasteiger partial charge < -0.3 is 20.5 Å². The van der Waals surface area contributed by atoms with Crippen LogP contribution in [0, 0.1) is 5.92 Å². The summed E-state index contributed by atoms with van der Waals surface area (Å²) in [5.41, 5.74) is -1.52. The lowest BCUT2D eigenvalue weighted by molar-refractivity contribution is -0.122. The van der Waals surface area contributed by atoms with E-state index in [-0.39, 0.29) is 29.1 Å². The van der Waals surface area contributed by atoms with E-state index >= 15 is 0 Å². The molecule has 0 aromatic carbocycles. The van der Waals surface area contributed by atoms with E-state index in [9.17, 15) is 14.4 Å². The lowest BCUT2D eigenvalue weighted by Gasteiger charge is -2.26. The van der Waals surface area contributed by atoms with Gasteiger partial charge in [0, 0.05) is 33.5 Å². The minimum absolute atomic E-state index is 0.0599. The lowest BCUT2D eigenvalue weighted by Crippen LogP contribution is -2.37. The van der Waals surface area contributed by atoms with Crippen LogP contribution in [0.3, 0.4) is 0 Å². The Hall–Kier alpha value is -1.20. The van der Waals surface area contributed by atoms with Gasteiger partial charge in [-0.3, -0.25) is 9.59 Å². The predicted molar refractivity (Wildman–Crippen MR) is 103 cm³/mol. The lowest BCUT2D eigenvalue weighted by atomic mass is 10.0. The first kappa shape index (κ1) is 22.8. The average molecular weight is 388 g/mol. The van der Waals surface area contributed by atoms with Crippen LogP contribution in [0.4, 0.5) is 4.79 Å². The molecule has 0 saturated carbocycles. The zero-order valence-corrected chi connectivity index (χ0v) is 17.4. The normalized spacial score (nSPS) is 20.5. The quantitative estimate of drug-likeness (QED) is 0.446. The minimum Gasteiger partial charge on any atom is -0.478 e. The first-order valence-electron chi connectivity index (χ1n) is 9.22. The summed E-state index contributed by atoms with van der Waals surface area (Å²) in [6, 6.07) is -0.0599. The van der Waals surface area contributed by atoms with Crippen LogP contribution in [0.15, 0.2) is 0 Å². The van der Waals surface area contributed by atoms with Gasteiger partial charge in [-0.25, -0.2) is 4.79 Å². The number of amides is 2.